The van der Waals surface area contributed by atoms with Gasteiger partial charge in [0.1, 0.15) is 0 Å². The maximum absolute atomic E-state index is 12.2. The van der Waals surface area contributed by atoms with Crippen LogP contribution in [0.15, 0.2) is 24.3 Å². The second-order valence-electron chi connectivity index (χ2n) is 7.88. The zero-order valence-corrected chi connectivity index (χ0v) is 16.8. The van der Waals surface area contributed by atoms with E-state index < -0.39 is 11.6 Å². The van der Waals surface area contributed by atoms with Crippen molar-refractivity contribution < 1.29 is 28.8 Å². The lowest BCUT2D eigenvalue weighted by Crippen LogP contribution is -2.45. The first kappa shape index (κ1) is 18.1. The largest absolute Gasteiger partial charge is 0.504 e. The van der Waals surface area contributed by atoms with Gasteiger partial charge in [0.2, 0.25) is 6.79 Å². The Morgan fingerprint density at radius 3 is 2.83 bits per heavy atom. The molecule has 0 bridgehead atoms. The molecule has 2 aromatic rings. The summed E-state index contributed by atoms with van der Waals surface area (Å²) in [5.41, 5.74) is 3.19. The summed E-state index contributed by atoms with van der Waals surface area (Å²) in [4.78, 5) is 14.4. The molecule has 7 heteroatoms. The van der Waals surface area contributed by atoms with Crippen LogP contribution in [0.25, 0.3) is 0 Å². The van der Waals surface area contributed by atoms with Gasteiger partial charge in [0.25, 0.3) is 0 Å². The fraction of sp³-hybridized carbons (Fsp3) is 0.409. The normalized spacial score (nSPS) is 26.5. The van der Waals surface area contributed by atoms with Crippen molar-refractivity contribution in [2.45, 2.75) is 38.0 Å². The van der Waals surface area contributed by atoms with E-state index in [1.807, 2.05) is 25.2 Å². The van der Waals surface area contributed by atoms with Crippen molar-refractivity contribution in [2.75, 3.05) is 21.0 Å². The van der Waals surface area contributed by atoms with Gasteiger partial charge in [0.15, 0.2) is 29.1 Å². The minimum Gasteiger partial charge on any atom is -0.504 e. The number of carbonyl (C=O) groups excluding carboxylic acids is 1. The van der Waals surface area contributed by atoms with E-state index >= 15 is 0 Å². The highest BCUT2D eigenvalue weighted by atomic mass is 16.7. The van der Waals surface area contributed by atoms with Crippen LogP contribution in [0.1, 0.15) is 48.1 Å². The van der Waals surface area contributed by atoms with Crippen LogP contribution < -0.4 is 14.2 Å². The van der Waals surface area contributed by atoms with Gasteiger partial charge in [-0.1, -0.05) is 13.0 Å². The fourth-order valence-electron chi connectivity index (χ4n) is 5.43. The molecule has 152 valence electrons. The summed E-state index contributed by atoms with van der Waals surface area (Å²) < 4.78 is 22.6. The number of phenolic OH excluding ortho intramolecular Hbond substituents is 1. The molecular weight excluding hydrogens is 374 g/mol. The van der Waals surface area contributed by atoms with E-state index in [1.54, 1.807) is 6.07 Å². The van der Waals surface area contributed by atoms with Crippen LogP contribution >= 0.6 is 0 Å². The summed E-state index contributed by atoms with van der Waals surface area (Å²) in [5.74, 6) is 1.40. The lowest BCUT2D eigenvalue weighted by molar-refractivity contribution is -0.156. The van der Waals surface area contributed by atoms with E-state index in [2.05, 4.69) is 11.8 Å². The second kappa shape index (κ2) is 6.03. The summed E-state index contributed by atoms with van der Waals surface area (Å²) in [6.45, 7) is 4.32. The number of esters is 1. The van der Waals surface area contributed by atoms with E-state index in [9.17, 15) is 9.90 Å². The molecule has 2 aromatic carbocycles. The van der Waals surface area contributed by atoms with E-state index in [1.165, 1.54) is 14.0 Å². The fourth-order valence-corrected chi connectivity index (χ4v) is 5.43. The molecule has 1 N–H and O–H groups in total. The number of hydrogen-bond donors (Lipinski definition) is 1. The molecule has 2 heterocycles. The summed E-state index contributed by atoms with van der Waals surface area (Å²) >= 11 is 0. The molecule has 3 aliphatic rings. The lowest BCUT2D eigenvalue weighted by Gasteiger charge is -2.41. The van der Waals surface area contributed by atoms with Crippen molar-refractivity contribution in [3.8, 4) is 23.0 Å². The van der Waals surface area contributed by atoms with Crippen molar-refractivity contribution >= 4 is 5.97 Å². The highest BCUT2D eigenvalue weighted by Crippen LogP contribution is 2.65. The lowest BCUT2D eigenvalue weighted by atomic mass is 9.78. The minimum atomic E-state index is -0.672. The van der Waals surface area contributed by atoms with Crippen LogP contribution in [-0.2, 0) is 21.6 Å². The number of methoxy groups -OCH3 is 1. The number of aromatic hydroxyl groups is 1. The van der Waals surface area contributed by atoms with Crippen LogP contribution in [0.3, 0.4) is 0 Å². The van der Waals surface area contributed by atoms with Gasteiger partial charge in [-0.3, -0.25) is 9.69 Å². The molecule has 2 aliphatic heterocycles. The topological polar surface area (TPSA) is 77.5 Å². The molecule has 1 spiro atoms. The zero-order chi connectivity index (χ0) is 20.5. The van der Waals surface area contributed by atoms with Crippen molar-refractivity contribution in [1.29, 1.82) is 0 Å². The first-order valence-electron chi connectivity index (χ1n) is 9.60. The Balaban J connectivity index is 1.79. The second-order valence-corrected chi connectivity index (χ2v) is 7.88. The molecular formula is C22H23NO6. The Morgan fingerprint density at radius 1 is 1.31 bits per heavy atom. The Hall–Kier alpha value is -2.93. The number of likely N-dealkylation sites (N-methyl/N-ethyl adjacent to an activating group) is 1. The number of benzene rings is 2. The SMILES string of the molecule is COc1cc2c(cc1O)[C@@]1([C@H](C)c3ccc4c(c3[C@@H]1OC(C)=O)OCO4)N(C)C2. The van der Waals surface area contributed by atoms with Crippen molar-refractivity contribution in [1.82, 2.24) is 4.90 Å². The number of ether oxygens (including phenoxy) is 4. The Morgan fingerprint density at radius 2 is 2.10 bits per heavy atom. The van der Waals surface area contributed by atoms with Gasteiger partial charge in [-0.15, -0.1) is 0 Å². The molecule has 0 radical (unpaired) electrons. The van der Waals surface area contributed by atoms with Crippen molar-refractivity contribution in [3.63, 3.8) is 0 Å². The van der Waals surface area contributed by atoms with Crippen molar-refractivity contribution in [2.24, 2.45) is 0 Å². The number of hydrogen-bond acceptors (Lipinski definition) is 7. The molecule has 5 rings (SSSR count). The standard InChI is InChI=1S/C22H23NO6/c1-11-14-5-6-17-20(28-10-27-17)19(14)21(29-12(2)24)22(11)15-8-16(25)18(26-4)7-13(15)9-23(22)3/h5-8,11,21,25H,9-10H2,1-4H3/t11-,21+,22-/m1/s1. The third-order valence-corrected chi connectivity index (χ3v) is 6.56. The smallest absolute Gasteiger partial charge is 0.303 e. The third kappa shape index (κ3) is 2.19. The van der Waals surface area contributed by atoms with E-state index in [0.717, 1.165) is 22.3 Å². The van der Waals surface area contributed by atoms with Gasteiger partial charge >= 0.3 is 5.97 Å². The van der Waals surface area contributed by atoms with Gasteiger partial charge in [-0.2, -0.15) is 0 Å². The number of fused-ring (bicyclic) bond motifs is 5. The van der Waals surface area contributed by atoms with E-state index in [-0.39, 0.29) is 24.4 Å². The highest BCUT2D eigenvalue weighted by molar-refractivity contribution is 5.69. The van der Waals surface area contributed by atoms with Gasteiger partial charge in [-0.25, -0.2) is 0 Å². The first-order chi connectivity index (χ1) is 13.9. The number of nitrogens with zero attached hydrogens (tertiary/aromatic N) is 1. The monoisotopic (exact) mass is 397 g/mol. The highest BCUT2D eigenvalue weighted by Gasteiger charge is 2.62. The summed E-state index contributed by atoms with van der Waals surface area (Å²) in [5, 5.41) is 10.5. The summed E-state index contributed by atoms with van der Waals surface area (Å²) in [7, 11) is 3.55. The average Bonchev–Trinajstić information content (AvgIpc) is 3.32. The average molecular weight is 397 g/mol. The van der Waals surface area contributed by atoms with Crippen LogP contribution in [0, 0.1) is 0 Å². The molecule has 7 nitrogen and oxygen atoms in total. The van der Waals surface area contributed by atoms with Crippen molar-refractivity contribution in [3.05, 3.63) is 46.5 Å². The Bertz CT molecular complexity index is 1030. The van der Waals surface area contributed by atoms with Crippen LogP contribution in [-0.4, -0.2) is 36.9 Å². The molecule has 0 saturated heterocycles. The molecule has 0 fully saturated rings. The third-order valence-electron chi connectivity index (χ3n) is 6.56. The van der Waals surface area contributed by atoms with Gasteiger partial charge < -0.3 is 24.1 Å². The Labute approximate surface area is 168 Å². The number of phenols is 1. The molecule has 3 atom stereocenters. The molecule has 1 aliphatic carbocycles. The molecule has 0 amide bonds. The van der Waals surface area contributed by atoms with Gasteiger partial charge in [0, 0.05) is 24.9 Å². The predicted molar refractivity (Wildman–Crippen MR) is 103 cm³/mol. The molecule has 0 saturated carbocycles. The van der Waals surface area contributed by atoms with Gasteiger partial charge in [0.05, 0.1) is 12.6 Å². The zero-order valence-electron chi connectivity index (χ0n) is 16.8. The molecule has 0 aromatic heterocycles. The van der Waals surface area contributed by atoms with Crippen LogP contribution in [0.2, 0.25) is 0 Å². The maximum Gasteiger partial charge on any atom is 0.303 e. The summed E-state index contributed by atoms with van der Waals surface area (Å²) in [6, 6.07) is 7.53. The Kier molecular flexibility index (Phi) is 3.77. The van der Waals surface area contributed by atoms with Crippen LogP contribution in [0.5, 0.6) is 23.0 Å². The quantitative estimate of drug-likeness (QED) is 0.780. The molecule has 29 heavy (non-hydrogen) atoms. The summed E-state index contributed by atoms with van der Waals surface area (Å²) in [6.07, 6.45) is -0.597. The predicted octanol–water partition coefficient (Wildman–Crippen LogP) is 3.19. The number of carbonyl (C=O) groups is 1. The van der Waals surface area contributed by atoms with Crippen LogP contribution in [0.4, 0.5) is 0 Å². The van der Waals surface area contributed by atoms with Gasteiger partial charge in [-0.05, 0) is 41.9 Å². The number of rotatable bonds is 2. The van der Waals surface area contributed by atoms with E-state index in [0.29, 0.717) is 23.8 Å². The minimum absolute atomic E-state index is 0.0182. The maximum atomic E-state index is 12.2. The first-order valence-corrected chi connectivity index (χ1v) is 9.60. The molecule has 0 unspecified atom stereocenters. The van der Waals surface area contributed by atoms with E-state index in [4.69, 9.17) is 18.9 Å².